The van der Waals surface area contributed by atoms with Crippen molar-refractivity contribution in [3.63, 3.8) is 0 Å². The van der Waals surface area contributed by atoms with Gasteiger partial charge in [0.25, 0.3) is 11.6 Å². The van der Waals surface area contributed by atoms with Crippen molar-refractivity contribution in [3.8, 4) is 22.8 Å². The fraction of sp³-hybridized carbons (Fsp3) is 0.333. The maximum Gasteiger partial charge on any atom is 0.273 e. The monoisotopic (exact) mass is 628 g/mol. The molecule has 45 heavy (non-hydrogen) atoms. The quantitative estimate of drug-likeness (QED) is 0.0885. The van der Waals surface area contributed by atoms with Crippen LogP contribution in [0.2, 0.25) is 0 Å². The number of nitro benzene ring substituents is 1. The van der Waals surface area contributed by atoms with Crippen LogP contribution in [0.15, 0.2) is 78.0 Å². The van der Waals surface area contributed by atoms with E-state index in [-0.39, 0.29) is 29.1 Å². The van der Waals surface area contributed by atoms with Crippen LogP contribution in [0, 0.1) is 17.0 Å². The topological polar surface area (TPSA) is 124 Å². The normalized spacial score (nSPS) is 14.8. The van der Waals surface area contributed by atoms with Gasteiger partial charge in [-0.25, -0.2) is 0 Å². The van der Waals surface area contributed by atoms with Gasteiger partial charge in [-0.05, 0) is 57.0 Å². The number of unbranched alkanes of at least 4 members (excludes halogenated alkanes) is 1. The Labute approximate surface area is 266 Å². The summed E-state index contributed by atoms with van der Waals surface area (Å²) in [5.41, 5.74) is 2.63. The number of aryl methyl sites for hydroxylation is 1. The first kappa shape index (κ1) is 31.7. The Balaban J connectivity index is 1.13. The SMILES string of the molecule is COc1ccc(-n2c(SCCCCC(=O)N3CCN(C(=O)c4ccc(C)c([N+](=O)[O-])c4)C(C)C3)nnc2-c2ccccc2)cc1. The Morgan fingerprint density at radius 2 is 1.78 bits per heavy atom. The fourth-order valence-corrected chi connectivity index (χ4v) is 6.34. The van der Waals surface area contributed by atoms with E-state index in [1.165, 1.54) is 6.07 Å². The Bertz CT molecular complexity index is 1660. The number of aromatic nitrogens is 3. The second kappa shape index (κ2) is 14.4. The predicted octanol–water partition coefficient (Wildman–Crippen LogP) is 5.80. The maximum absolute atomic E-state index is 13.1. The molecule has 1 fully saturated rings. The van der Waals surface area contributed by atoms with Gasteiger partial charge in [-0.1, -0.05) is 48.2 Å². The van der Waals surface area contributed by atoms with Crippen LogP contribution < -0.4 is 4.74 Å². The molecule has 234 valence electrons. The first-order valence-electron chi connectivity index (χ1n) is 14.9. The zero-order valence-electron chi connectivity index (χ0n) is 25.6. The number of ether oxygens (including phenoxy) is 1. The zero-order chi connectivity index (χ0) is 31.9. The van der Waals surface area contributed by atoms with Crippen LogP contribution in [-0.4, -0.2) is 79.8 Å². The van der Waals surface area contributed by atoms with Gasteiger partial charge in [0.05, 0.1) is 12.0 Å². The number of nitro groups is 1. The van der Waals surface area contributed by atoms with E-state index in [2.05, 4.69) is 10.2 Å². The molecule has 1 aromatic heterocycles. The van der Waals surface area contributed by atoms with Crippen molar-refractivity contribution in [2.24, 2.45) is 0 Å². The molecule has 2 amide bonds. The van der Waals surface area contributed by atoms with E-state index in [1.807, 2.05) is 71.0 Å². The van der Waals surface area contributed by atoms with Gasteiger partial charge in [-0.2, -0.15) is 0 Å². The number of carbonyl (C=O) groups excluding carboxylic acids is 2. The van der Waals surface area contributed by atoms with Gasteiger partial charge in [-0.15, -0.1) is 10.2 Å². The van der Waals surface area contributed by atoms with Gasteiger partial charge in [0.2, 0.25) is 5.91 Å². The van der Waals surface area contributed by atoms with E-state index < -0.39 is 4.92 Å². The van der Waals surface area contributed by atoms with Crippen LogP contribution >= 0.6 is 11.8 Å². The van der Waals surface area contributed by atoms with Gasteiger partial charge in [0.15, 0.2) is 11.0 Å². The maximum atomic E-state index is 13.1. The highest BCUT2D eigenvalue weighted by atomic mass is 32.2. The van der Waals surface area contributed by atoms with Crippen LogP contribution in [0.4, 0.5) is 5.69 Å². The fourth-order valence-electron chi connectivity index (χ4n) is 5.39. The van der Waals surface area contributed by atoms with Crippen molar-refractivity contribution in [2.75, 3.05) is 32.5 Å². The molecule has 4 aromatic rings. The first-order valence-corrected chi connectivity index (χ1v) is 15.9. The molecule has 1 unspecified atom stereocenters. The molecular weight excluding hydrogens is 592 g/mol. The molecular formula is C33H36N6O5S. The Morgan fingerprint density at radius 1 is 1.02 bits per heavy atom. The molecule has 5 rings (SSSR count). The minimum Gasteiger partial charge on any atom is -0.497 e. The summed E-state index contributed by atoms with van der Waals surface area (Å²) in [6, 6.07) is 22.1. The largest absolute Gasteiger partial charge is 0.497 e. The van der Waals surface area contributed by atoms with E-state index >= 15 is 0 Å². The lowest BCUT2D eigenvalue weighted by molar-refractivity contribution is -0.385. The third-order valence-corrected chi connectivity index (χ3v) is 8.92. The van der Waals surface area contributed by atoms with Crippen molar-refractivity contribution in [2.45, 2.75) is 44.3 Å². The van der Waals surface area contributed by atoms with Crippen molar-refractivity contribution in [1.29, 1.82) is 0 Å². The minimum absolute atomic E-state index is 0.0673. The molecule has 0 radical (unpaired) electrons. The van der Waals surface area contributed by atoms with Gasteiger partial charge in [0, 0.05) is 66.3 Å². The van der Waals surface area contributed by atoms with Gasteiger partial charge < -0.3 is 14.5 Å². The number of thioether (sulfide) groups is 1. The third-order valence-electron chi connectivity index (χ3n) is 7.91. The highest BCUT2D eigenvalue weighted by Gasteiger charge is 2.31. The number of nitrogens with zero attached hydrogens (tertiary/aromatic N) is 6. The number of benzene rings is 3. The highest BCUT2D eigenvalue weighted by molar-refractivity contribution is 7.99. The van der Waals surface area contributed by atoms with E-state index in [1.54, 1.807) is 42.8 Å². The number of rotatable bonds is 11. The van der Waals surface area contributed by atoms with E-state index in [0.29, 0.717) is 31.6 Å². The second-order valence-corrected chi connectivity index (χ2v) is 12.0. The van der Waals surface area contributed by atoms with E-state index in [4.69, 9.17) is 4.74 Å². The molecule has 2 heterocycles. The zero-order valence-corrected chi connectivity index (χ0v) is 26.4. The van der Waals surface area contributed by atoms with Crippen molar-refractivity contribution < 1.29 is 19.2 Å². The summed E-state index contributed by atoms with van der Waals surface area (Å²) >= 11 is 1.61. The summed E-state index contributed by atoms with van der Waals surface area (Å²) in [5, 5.41) is 21.1. The number of carbonyl (C=O) groups is 2. The Kier molecular flexibility index (Phi) is 10.1. The van der Waals surface area contributed by atoms with Crippen molar-refractivity contribution in [1.82, 2.24) is 24.6 Å². The van der Waals surface area contributed by atoms with Gasteiger partial charge in [0.1, 0.15) is 5.75 Å². The lowest BCUT2D eigenvalue weighted by atomic mass is 10.1. The molecule has 1 aliphatic heterocycles. The molecule has 0 spiro atoms. The van der Waals surface area contributed by atoms with Crippen LogP contribution in [-0.2, 0) is 4.79 Å². The molecule has 0 bridgehead atoms. The summed E-state index contributed by atoms with van der Waals surface area (Å²) in [4.78, 5) is 40.5. The molecule has 1 saturated heterocycles. The van der Waals surface area contributed by atoms with Gasteiger partial charge >= 0.3 is 0 Å². The van der Waals surface area contributed by atoms with Crippen LogP contribution in [0.3, 0.4) is 0 Å². The number of hydrogen-bond donors (Lipinski definition) is 0. The number of piperazine rings is 1. The van der Waals surface area contributed by atoms with Crippen LogP contribution in [0.25, 0.3) is 17.1 Å². The lowest BCUT2D eigenvalue weighted by Gasteiger charge is -2.40. The summed E-state index contributed by atoms with van der Waals surface area (Å²) in [5.74, 6) is 2.11. The van der Waals surface area contributed by atoms with Crippen molar-refractivity contribution in [3.05, 3.63) is 94.0 Å². The molecule has 1 atom stereocenters. The molecule has 0 N–H and O–H groups in total. The molecule has 0 aliphatic carbocycles. The number of hydrogen-bond acceptors (Lipinski definition) is 8. The molecule has 1 aliphatic rings. The molecule has 0 saturated carbocycles. The summed E-state index contributed by atoms with van der Waals surface area (Å²) in [6.45, 7) is 4.80. The second-order valence-electron chi connectivity index (χ2n) is 11.0. The summed E-state index contributed by atoms with van der Waals surface area (Å²) in [7, 11) is 1.64. The van der Waals surface area contributed by atoms with Crippen LogP contribution in [0.1, 0.15) is 42.1 Å². The Morgan fingerprint density at radius 3 is 2.47 bits per heavy atom. The highest BCUT2D eigenvalue weighted by Crippen LogP contribution is 2.29. The molecule has 12 heteroatoms. The smallest absolute Gasteiger partial charge is 0.273 e. The number of amides is 2. The molecule has 3 aromatic carbocycles. The van der Waals surface area contributed by atoms with E-state index in [0.717, 1.165) is 46.6 Å². The third kappa shape index (κ3) is 7.34. The predicted molar refractivity (Wildman–Crippen MR) is 173 cm³/mol. The first-order chi connectivity index (χ1) is 21.8. The van der Waals surface area contributed by atoms with E-state index in [9.17, 15) is 19.7 Å². The number of methoxy groups -OCH3 is 1. The molecule has 11 nitrogen and oxygen atoms in total. The standard InChI is InChI=1S/C33H36N6O5S/c1-23-12-13-26(21-29(23)39(42)43)32(41)37-19-18-36(22-24(37)2)30(40)11-7-8-20-45-33-35-34-31(25-9-5-4-6-10-25)38(33)27-14-16-28(44-3)17-15-27/h4-6,9-10,12-17,21,24H,7-8,11,18-20,22H2,1-3H3. The average molecular weight is 629 g/mol. The minimum atomic E-state index is -0.474. The lowest BCUT2D eigenvalue weighted by Crippen LogP contribution is -2.55. The van der Waals surface area contributed by atoms with Crippen molar-refractivity contribution >= 4 is 29.3 Å². The summed E-state index contributed by atoms with van der Waals surface area (Å²) < 4.78 is 7.37. The Hall–Kier alpha value is -4.71. The summed E-state index contributed by atoms with van der Waals surface area (Å²) in [6.07, 6.45) is 1.98. The van der Waals surface area contributed by atoms with Crippen LogP contribution in [0.5, 0.6) is 5.75 Å². The van der Waals surface area contributed by atoms with Gasteiger partial charge in [-0.3, -0.25) is 24.3 Å². The average Bonchev–Trinajstić information content (AvgIpc) is 3.48.